The topological polar surface area (TPSA) is 50.7 Å². The van der Waals surface area contributed by atoms with Crippen LogP contribution in [0.15, 0.2) is 42.7 Å². The van der Waals surface area contributed by atoms with Gasteiger partial charge in [0.1, 0.15) is 12.4 Å². The van der Waals surface area contributed by atoms with Gasteiger partial charge < -0.3 is 19.3 Å². The average molecular weight is 423 g/mol. The van der Waals surface area contributed by atoms with Gasteiger partial charge in [-0.1, -0.05) is 18.2 Å². The van der Waals surface area contributed by atoms with E-state index >= 15 is 0 Å². The molecule has 1 aromatic heterocycles. The molecule has 3 heterocycles. The van der Waals surface area contributed by atoms with E-state index in [0.29, 0.717) is 24.5 Å². The number of ether oxygens (including phenoxy) is 2. The first-order valence-corrected chi connectivity index (χ1v) is 11.7. The molecule has 0 radical (unpaired) electrons. The van der Waals surface area contributed by atoms with Crippen molar-refractivity contribution in [1.82, 2.24) is 15.1 Å². The van der Waals surface area contributed by atoms with Crippen LogP contribution in [0.5, 0.6) is 5.75 Å². The maximum Gasteiger partial charge on any atom is 0.122 e. The lowest BCUT2D eigenvalue weighted by molar-refractivity contribution is 0.129. The van der Waals surface area contributed by atoms with Crippen LogP contribution >= 0.6 is 0 Å². The van der Waals surface area contributed by atoms with E-state index in [1.807, 2.05) is 6.20 Å². The molecule has 0 N–H and O–H groups in total. The van der Waals surface area contributed by atoms with Crippen LogP contribution in [0.25, 0.3) is 0 Å². The van der Waals surface area contributed by atoms with Crippen LogP contribution in [-0.2, 0) is 4.74 Å². The summed E-state index contributed by atoms with van der Waals surface area (Å²) in [6, 6.07) is 11.4. The molecule has 5 rings (SSSR count). The maximum atomic E-state index is 6.00. The van der Waals surface area contributed by atoms with Crippen LogP contribution in [-0.4, -0.2) is 67.6 Å². The zero-order chi connectivity index (χ0) is 21.1. The van der Waals surface area contributed by atoms with Gasteiger partial charge in [-0.05, 0) is 68.8 Å². The summed E-state index contributed by atoms with van der Waals surface area (Å²) in [5.41, 5.74) is 3.12. The number of likely N-dealkylation sites (tertiary alicyclic amines) is 1. The summed E-state index contributed by atoms with van der Waals surface area (Å²) < 4.78 is 11.1. The molecular weight excluding hydrogens is 388 g/mol. The van der Waals surface area contributed by atoms with Gasteiger partial charge in [0.15, 0.2) is 0 Å². The van der Waals surface area contributed by atoms with E-state index in [4.69, 9.17) is 9.47 Å². The molecule has 2 saturated heterocycles. The summed E-state index contributed by atoms with van der Waals surface area (Å²) in [6.45, 7) is 6.01. The number of piperidine rings is 1. The summed E-state index contributed by atoms with van der Waals surface area (Å²) in [4.78, 5) is 5.24. The molecule has 1 unspecified atom stereocenters. The molecule has 6 nitrogen and oxygen atoms in total. The fraction of sp³-hybridized carbons (Fsp3) is 0.600. The molecule has 1 saturated carbocycles. The number of anilines is 1. The number of hydrogen-bond acceptors (Lipinski definition) is 6. The first-order valence-electron chi connectivity index (χ1n) is 11.7. The smallest absolute Gasteiger partial charge is 0.122 e. The molecule has 1 spiro atoms. The Kier molecular flexibility index (Phi) is 6.10. The fourth-order valence-corrected chi connectivity index (χ4v) is 5.95. The summed E-state index contributed by atoms with van der Waals surface area (Å²) in [5, 5.41) is 7.94. The van der Waals surface area contributed by atoms with Crippen molar-refractivity contribution >= 4 is 5.69 Å². The highest BCUT2D eigenvalue weighted by Crippen LogP contribution is 2.49. The Balaban J connectivity index is 1.13. The highest BCUT2D eigenvalue weighted by atomic mass is 16.5. The number of para-hydroxylation sites is 1. The van der Waals surface area contributed by atoms with Crippen molar-refractivity contribution in [3.63, 3.8) is 0 Å². The van der Waals surface area contributed by atoms with Gasteiger partial charge in [-0.2, -0.15) is 10.2 Å². The standard InChI is InChI=1S/C25H34N4O2/c1-30-14-15-31-24-5-3-2-4-23(24)20-8-12-28(13-9-20)21-6-10-25(16-21)18-29(19-25)22-7-11-26-27-17-22/h2-5,7,11,17,20-21H,6,8-10,12-16,18-19H2,1H3. The number of methoxy groups -OCH3 is 1. The molecular formula is C25H34N4O2. The lowest BCUT2D eigenvalue weighted by Crippen LogP contribution is -2.56. The van der Waals surface area contributed by atoms with Crippen LogP contribution in [0.4, 0.5) is 5.69 Å². The molecule has 1 aromatic carbocycles. The summed E-state index contributed by atoms with van der Waals surface area (Å²) in [5.74, 6) is 1.64. The van der Waals surface area contributed by atoms with E-state index in [-0.39, 0.29) is 0 Å². The molecule has 166 valence electrons. The van der Waals surface area contributed by atoms with Crippen LogP contribution in [0, 0.1) is 5.41 Å². The number of benzene rings is 1. The van der Waals surface area contributed by atoms with Crippen molar-refractivity contribution in [2.75, 3.05) is 51.4 Å². The molecule has 0 bridgehead atoms. The van der Waals surface area contributed by atoms with E-state index in [9.17, 15) is 0 Å². The molecule has 2 aromatic rings. The van der Waals surface area contributed by atoms with Crippen molar-refractivity contribution < 1.29 is 9.47 Å². The lowest BCUT2D eigenvalue weighted by atomic mass is 9.77. The van der Waals surface area contributed by atoms with E-state index in [2.05, 4.69) is 50.3 Å². The zero-order valence-electron chi connectivity index (χ0n) is 18.6. The average Bonchev–Trinajstić information content (AvgIpc) is 3.25. The monoisotopic (exact) mass is 422 g/mol. The molecule has 3 aliphatic rings. The number of nitrogens with zero attached hydrogens (tertiary/aromatic N) is 4. The van der Waals surface area contributed by atoms with Crippen LogP contribution in [0.3, 0.4) is 0 Å². The normalized spacial score (nSPS) is 23.8. The third kappa shape index (κ3) is 4.41. The third-order valence-corrected chi connectivity index (χ3v) is 7.61. The Morgan fingerprint density at radius 1 is 1.03 bits per heavy atom. The van der Waals surface area contributed by atoms with Crippen molar-refractivity contribution in [3.05, 3.63) is 48.3 Å². The Hall–Kier alpha value is -2.18. The van der Waals surface area contributed by atoms with Gasteiger partial charge in [-0.15, -0.1) is 0 Å². The predicted octanol–water partition coefficient (Wildman–Crippen LogP) is 3.74. The van der Waals surface area contributed by atoms with Crippen LogP contribution in [0.1, 0.15) is 43.6 Å². The van der Waals surface area contributed by atoms with Gasteiger partial charge in [-0.3, -0.25) is 0 Å². The molecule has 3 fully saturated rings. The summed E-state index contributed by atoms with van der Waals surface area (Å²) in [6.07, 6.45) is 10.2. The largest absolute Gasteiger partial charge is 0.491 e. The highest BCUT2D eigenvalue weighted by molar-refractivity contribution is 5.47. The molecule has 6 heteroatoms. The van der Waals surface area contributed by atoms with Gasteiger partial charge in [-0.25, -0.2) is 0 Å². The van der Waals surface area contributed by atoms with E-state index in [1.165, 1.54) is 69.5 Å². The summed E-state index contributed by atoms with van der Waals surface area (Å²) >= 11 is 0. The van der Waals surface area contributed by atoms with Crippen molar-refractivity contribution in [3.8, 4) is 5.75 Å². The number of aromatic nitrogens is 2. The van der Waals surface area contributed by atoms with E-state index in [0.717, 1.165) is 11.8 Å². The molecule has 1 aliphatic carbocycles. The zero-order valence-corrected chi connectivity index (χ0v) is 18.6. The number of rotatable bonds is 7. The van der Waals surface area contributed by atoms with Gasteiger partial charge in [0, 0.05) is 31.7 Å². The van der Waals surface area contributed by atoms with Crippen molar-refractivity contribution in [2.45, 2.75) is 44.1 Å². The highest BCUT2D eigenvalue weighted by Gasteiger charge is 2.49. The first kappa shape index (κ1) is 20.7. The minimum atomic E-state index is 0.520. The second-order valence-corrected chi connectivity index (χ2v) is 9.54. The van der Waals surface area contributed by atoms with Crippen molar-refractivity contribution in [2.24, 2.45) is 5.41 Å². The third-order valence-electron chi connectivity index (χ3n) is 7.61. The Bertz CT molecular complexity index is 848. The molecule has 0 amide bonds. The van der Waals surface area contributed by atoms with Gasteiger partial charge in [0.2, 0.25) is 0 Å². The van der Waals surface area contributed by atoms with Gasteiger partial charge in [0.25, 0.3) is 0 Å². The number of hydrogen-bond donors (Lipinski definition) is 0. The van der Waals surface area contributed by atoms with Crippen LogP contribution < -0.4 is 9.64 Å². The van der Waals surface area contributed by atoms with E-state index < -0.39 is 0 Å². The SMILES string of the molecule is COCCOc1ccccc1C1CCN(C2CCC3(C2)CN(c2ccnnc2)C3)CC1. The van der Waals surface area contributed by atoms with Crippen molar-refractivity contribution in [1.29, 1.82) is 0 Å². The minimum absolute atomic E-state index is 0.520. The maximum absolute atomic E-state index is 6.00. The van der Waals surface area contributed by atoms with Gasteiger partial charge in [0.05, 0.1) is 24.7 Å². The molecule has 2 aliphatic heterocycles. The van der Waals surface area contributed by atoms with E-state index in [1.54, 1.807) is 13.3 Å². The molecule has 1 atom stereocenters. The first-order chi connectivity index (χ1) is 15.3. The summed E-state index contributed by atoms with van der Waals surface area (Å²) in [7, 11) is 1.72. The Morgan fingerprint density at radius 2 is 1.87 bits per heavy atom. The quantitative estimate of drug-likeness (QED) is 0.634. The Morgan fingerprint density at radius 3 is 2.65 bits per heavy atom. The second kappa shape index (κ2) is 9.13. The Labute approximate surface area is 185 Å². The molecule has 31 heavy (non-hydrogen) atoms. The predicted molar refractivity (Wildman–Crippen MR) is 122 cm³/mol. The van der Waals surface area contributed by atoms with Gasteiger partial charge >= 0.3 is 0 Å². The second-order valence-electron chi connectivity index (χ2n) is 9.54. The van der Waals surface area contributed by atoms with Crippen LogP contribution in [0.2, 0.25) is 0 Å². The fourth-order valence-electron chi connectivity index (χ4n) is 5.95. The lowest BCUT2D eigenvalue weighted by Gasteiger charge is -2.50. The minimum Gasteiger partial charge on any atom is -0.491 e.